The number of thiophene rings is 1. The average molecular weight is 417 g/mol. The summed E-state index contributed by atoms with van der Waals surface area (Å²) in [5.74, 6) is 0.539. The van der Waals surface area contributed by atoms with Crippen LogP contribution in [0.4, 0.5) is 0 Å². The van der Waals surface area contributed by atoms with Crippen molar-refractivity contribution < 1.29 is 4.79 Å². The number of Topliss-reactive ketones (excluding diaryl/α,β-unsaturated/α-hetero) is 1. The Hall–Kier alpha value is -3.05. The highest BCUT2D eigenvalue weighted by atomic mass is 32.1. The molecule has 0 aliphatic rings. The molecular weight excluding hydrogens is 392 g/mol. The molecule has 4 rings (SSSR count). The van der Waals surface area contributed by atoms with Crippen LogP contribution in [0.5, 0.6) is 0 Å². The lowest BCUT2D eigenvalue weighted by atomic mass is 10.0. The van der Waals surface area contributed by atoms with Gasteiger partial charge in [0.2, 0.25) is 0 Å². The van der Waals surface area contributed by atoms with Crippen LogP contribution in [0.3, 0.4) is 0 Å². The van der Waals surface area contributed by atoms with Gasteiger partial charge in [0.05, 0.1) is 11.9 Å². The number of carbonyl (C=O) groups is 1. The van der Waals surface area contributed by atoms with E-state index in [2.05, 4.69) is 0 Å². The minimum atomic E-state index is -0.134. The van der Waals surface area contributed by atoms with Crippen LogP contribution < -0.4 is 5.56 Å². The Morgan fingerprint density at radius 1 is 1.00 bits per heavy atom. The third-order valence-corrected chi connectivity index (χ3v) is 6.80. The molecule has 5 heteroatoms. The van der Waals surface area contributed by atoms with E-state index in [-0.39, 0.29) is 17.9 Å². The largest absolute Gasteiger partial charge is 0.292 e. The van der Waals surface area contributed by atoms with E-state index >= 15 is 0 Å². The zero-order chi connectivity index (χ0) is 21.4. The summed E-state index contributed by atoms with van der Waals surface area (Å²) >= 11 is 1.54. The van der Waals surface area contributed by atoms with E-state index in [4.69, 9.17) is 4.98 Å². The first-order chi connectivity index (χ1) is 14.3. The molecule has 0 bridgehead atoms. The summed E-state index contributed by atoms with van der Waals surface area (Å²) < 4.78 is 1.56. The first-order valence-corrected chi connectivity index (χ1v) is 10.8. The SMILES string of the molecule is Cc1ccc(C(=O)Cn2c(Cc3ccccc3)nc3sc(C)c(C)c3c2=O)cc1C. The molecule has 0 fully saturated rings. The van der Waals surface area contributed by atoms with Gasteiger partial charge in [-0.15, -0.1) is 11.3 Å². The molecule has 0 unspecified atom stereocenters. The topological polar surface area (TPSA) is 52.0 Å². The first kappa shape index (κ1) is 20.2. The second-order valence-electron chi connectivity index (χ2n) is 7.77. The van der Waals surface area contributed by atoms with Gasteiger partial charge in [-0.1, -0.05) is 42.5 Å². The van der Waals surface area contributed by atoms with Crippen molar-refractivity contribution in [2.75, 3.05) is 0 Å². The lowest BCUT2D eigenvalue weighted by molar-refractivity contribution is 0.0969. The van der Waals surface area contributed by atoms with Gasteiger partial charge < -0.3 is 0 Å². The van der Waals surface area contributed by atoms with Crippen LogP contribution in [0.15, 0.2) is 53.3 Å². The van der Waals surface area contributed by atoms with Gasteiger partial charge in [-0.05, 0) is 56.0 Å². The lowest BCUT2D eigenvalue weighted by Crippen LogP contribution is -2.29. The van der Waals surface area contributed by atoms with E-state index in [1.54, 1.807) is 4.57 Å². The molecule has 30 heavy (non-hydrogen) atoms. The van der Waals surface area contributed by atoms with Crippen LogP contribution in [0.1, 0.15) is 43.3 Å². The van der Waals surface area contributed by atoms with E-state index < -0.39 is 0 Å². The molecule has 0 atom stereocenters. The maximum Gasteiger partial charge on any atom is 0.262 e. The molecule has 0 aliphatic heterocycles. The number of benzene rings is 2. The van der Waals surface area contributed by atoms with Crippen LogP contribution >= 0.6 is 11.3 Å². The maximum atomic E-state index is 13.4. The number of carbonyl (C=O) groups excluding carboxylic acids is 1. The molecule has 2 aromatic carbocycles. The zero-order valence-electron chi connectivity index (χ0n) is 17.7. The molecule has 4 nitrogen and oxygen atoms in total. The number of nitrogens with zero attached hydrogens (tertiary/aromatic N) is 2. The number of rotatable bonds is 5. The third kappa shape index (κ3) is 3.73. The standard InChI is InChI=1S/C25H24N2O2S/c1-15-10-11-20(12-16(15)2)21(28)14-27-22(13-19-8-6-5-7-9-19)26-24-23(25(27)29)17(3)18(4)30-24/h5-12H,13-14H2,1-4H3. The fourth-order valence-electron chi connectivity index (χ4n) is 3.60. The van der Waals surface area contributed by atoms with Crippen molar-refractivity contribution in [3.05, 3.63) is 97.4 Å². The molecule has 4 aromatic rings. The van der Waals surface area contributed by atoms with Gasteiger partial charge in [0.1, 0.15) is 10.7 Å². The predicted molar refractivity (Wildman–Crippen MR) is 123 cm³/mol. The highest BCUT2D eigenvalue weighted by molar-refractivity contribution is 7.18. The molecule has 0 amide bonds. The summed E-state index contributed by atoms with van der Waals surface area (Å²) in [5.41, 5.74) is 4.70. The zero-order valence-corrected chi connectivity index (χ0v) is 18.5. The molecule has 0 aliphatic carbocycles. The van der Waals surface area contributed by atoms with Gasteiger partial charge in [-0.2, -0.15) is 0 Å². The molecular formula is C25H24N2O2S. The quantitative estimate of drug-likeness (QED) is 0.422. The second kappa shape index (κ2) is 8.00. The van der Waals surface area contributed by atoms with Crippen molar-refractivity contribution in [3.63, 3.8) is 0 Å². The van der Waals surface area contributed by atoms with E-state index in [9.17, 15) is 9.59 Å². The van der Waals surface area contributed by atoms with Crippen molar-refractivity contribution in [1.29, 1.82) is 0 Å². The van der Waals surface area contributed by atoms with Crippen molar-refractivity contribution in [1.82, 2.24) is 9.55 Å². The van der Waals surface area contributed by atoms with Crippen LogP contribution in [0.2, 0.25) is 0 Å². The summed E-state index contributed by atoms with van der Waals surface area (Å²) in [5, 5.41) is 0.627. The molecule has 0 radical (unpaired) electrons. The molecule has 152 valence electrons. The third-order valence-electron chi connectivity index (χ3n) is 5.70. The summed E-state index contributed by atoms with van der Waals surface area (Å²) in [7, 11) is 0. The van der Waals surface area contributed by atoms with Crippen LogP contribution in [-0.4, -0.2) is 15.3 Å². The van der Waals surface area contributed by atoms with Crippen LogP contribution in [-0.2, 0) is 13.0 Å². The Morgan fingerprint density at radius 3 is 2.43 bits per heavy atom. The average Bonchev–Trinajstić information content (AvgIpc) is 3.01. The predicted octanol–water partition coefficient (Wildman–Crippen LogP) is 5.17. The lowest BCUT2D eigenvalue weighted by Gasteiger charge is -2.13. The van der Waals surface area contributed by atoms with Gasteiger partial charge >= 0.3 is 0 Å². The Balaban J connectivity index is 1.83. The number of fused-ring (bicyclic) bond motifs is 1. The minimum Gasteiger partial charge on any atom is -0.292 e. The van der Waals surface area contributed by atoms with Gasteiger partial charge in [0, 0.05) is 16.9 Å². The number of hydrogen-bond acceptors (Lipinski definition) is 4. The smallest absolute Gasteiger partial charge is 0.262 e. The number of ketones is 1. The highest BCUT2D eigenvalue weighted by Gasteiger charge is 2.19. The van der Waals surface area contributed by atoms with Crippen molar-refractivity contribution >= 4 is 27.3 Å². The maximum absolute atomic E-state index is 13.4. The van der Waals surface area contributed by atoms with E-state index in [1.807, 2.05) is 76.2 Å². The summed E-state index contributed by atoms with van der Waals surface area (Å²) in [6.45, 7) is 7.95. The number of aryl methyl sites for hydroxylation is 4. The highest BCUT2D eigenvalue weighted by Crippen LogP contribution is 2.27. The molecule has 2 aromatic heterocycles. The van der Waals surface area contributed by atoms with Crippen molar-refractivity contribution in [2.45, 2.75) is 40.7 Å². The van der Waals surface area contributed by atoms with Gasteiger partial charge in [-0.3, -0.25) is 14.2 Å². The Bertz CT molecular complexity index is 1320. The number of aromatic nitrogens is 2. The van der Waals surface area contributed by atoms with Gasteiger partial charge in [-0.25, -0.2) is 4.98 Å². The van der Waals surface area contributed by atoms with Crippen LogP contribution in [0, 0.1) is 27.7 Å². The van der Waals surface area contributed by atoms with Gasteiger partial charge in [0.15, 0.2) is 5.78 Å². The normalized spacial score (nSPS) is 11.2. The Labute approximate surface area is 179 Å². The van der Waals surface area contributed by atoms with E-state index in [0.717, 1.165) is 32.0 Å². The second-order valence-corrected chi connectivity index (χ2v) is 8.97. The first-order valence-electron chi connectivity index (χ1n) is 9.99. The van der Waals surface area contributed by atoms with Gasteiger partial charge in [0.25, 0.3) is 5.56 Å². The van der Waals surface area contributed by atoms with Crippen LogP contribution in [0.25, 0.3) is 10.2 Å². The minimum absolute atomic E-state index is 0.0131. The molecule has 0 saturated carbocycles. The molecule has 0 spiro atoms. The summed E-state index contributed by atoms with van der Waals surface area (Å²) in [4.78, 5) is 33.2. The van der Waals surface area contributed by atoms with E-state index in [0.29, 0.717) is 23.2 Å². The Kier molecular flexibility index (Phi) is 5.39. The van der Waals surface area contributed by atoms with Crippen molar-refractivity contribution in [3.8, 4) is 0 Å². The number of hydrogen-bond donors (Lipinski definition) is 0. The molecule has 2 heterocycles. The molecule has 0 N–H and O–H groups in total. The summed E-state index contributed by atoms with van der Waals surface area (Å²) in [6.07, 6.45) is 0.502. The summed E-state index contributed by atoms with van der Waals surface area (Å²) in [6, 6.07) is 15.6. The fraction of sp³-hybridized carbons (Fsp3) is 0.240. The fourth-order valence-corrected chi connectivity index (χ4v) is 4.63. The van der Waals surface area contributed by atoms with E-state index in [1.165, 1.54) is 11.3 Å². The monoisotopic (exact) mass is 416 g/mol. The molecule has 0 saturated heterocycles. The van der Waals surface area contributed by atoms with Crippen molar-refractivity contribution in [2.24, 2.45) is 0 Å². The Morgan fingerprint density at radius 2 is 1.73 bits per heavy atom.